The van der Waals surface area contributed by atoms with Crippen LogP contribution in [0.15, 0.2) is 29.3 Å². The maximum atomic E-state index is 11.7. The van der Waals surface area contributed by atoms with Crippen LogP contribution in [0.1, 0.15) is 57.1 Å². The first kappa shape index (κ1) is 21.3. The molecule has 1 aromatic carbocycles. The quantitative estimate of drug-likeness (QED) is 0.343. The molecule has 0 aromatic heterocycles. The van der Waals surface area contributed by atoms with Crippen molar-refractivity contribution in [2.45, 2.75) is 52.4 Å². The molecule has 0 amide bonds. The minimum absolute atomic E-state index is 0.0305. The molecule has 0 saturated carbocycles. The molecule has 0 spiro atoms. The highest BCUT2D eigenvalue weighted by molar-refractivity contribution is 5.80. The van der Waals surface area contributed by atoms with Crippen LogP contribution in [0.4, 0.5) is 0 Å². The van der Waals surface area contributed by atoms with Crippen LogP contribution < -0.4 is 5.32 Å². The fourth-order valence-electron chi connectivity index (χ4n) is 3.46. The van der Waals surface area contributed by atoms with Gasteiger partial charge in [-0.3, -0.25) is 9.79 Å². The molecule has 150 valence electrons. The summed E-state index contributed by atoms with van der Waals surface area (Å²) in [5.74, 6) is 1.49. The minimum atomic E-state index is -0.0833. The summed E-state index contributed by atoms with van der Waals surface area (Å²) in [6, 6.07) is 8.95. The molecule has 2 rings (SSSR count). The van der Waals surface area contributed by atoms with Crippen LogP contribution >= 0.6 is 0 Å². The first-order chi connectivity index (χ1) is 13.0. The van der Waals surface area contributed by atoms with Crippen LogP contribution in [-0.4, -0.2) is 50.1 Å². The molecule has 0 bridgehead atoms. The van der Waals surface area contributed by atoms with E-state index in [0.717, 1.165) is 57.8 Å². The van der Waals surface area contributed by atoms with Gasteiger partial charge >= 0.3 is 5.97 Å². The van der Waals surface area contributed by atoms with Crippen molar-refractivity contribution in [3.63, 3.8) is 0 Å². The van der Waals surface area contributed by atoms with Gasteiger partial charge in [0, 0.05) is 26.2 Å². The summed E-state index contributed by atoms with van der Waals surface area (Å²) in [5, 5.41) is 3.39. The predicted octanol–water partition coefficient (Wildman–Crippen LogP) is 3.59. The zero-order valence-electron chi connectivity index (χ0n) is 17.3. The molecular weight excluding hydrogens is 338 g/mol. The number of aliphatic imine (C=N–C) groups is 1. The van der Waals surface area contributed by atoms with E-state index in [1.807, 2.05) is 0 Å². The molecule has 1 aliphatic rings. The highest BCUT2D eigenvalue weighted by Crippen LogP contribution is 2.19. The van der Waals surface area contributed by atoms with E-state index >= 15 is 0 Å². The van der Waals surface area contributed by atoms with E-state index in [9.17, 15) is 4.79 Å². The molecule has 0 aliphatic carbocycles. The molecule has 1 saturated heterocycles. The summed E-state index contributed by atoms with van der Waals surface area (Å²) < 4.78 is 4.87. The summed E-state index contributed by atoms with van der Waals surface area (Å²) in [4.78, 5) is 18.8. The van der Waals surface area contributed by atoms with Crippen LogP contribution in [0.3, 0.4) is 0 Å². The maximum Gasteiger partial charge on any atom is 0.308 e. The van der Waals surface area contributed by atoms with Crippen LogP contribution in [0, 0.1) is 5.92 Å². The van der Waals surface area contributed by atoms with Gasteiger partial charge in [-0.2, -0.15) is 0 Å². The Morgan fingerprint density at radius 3 is 2.48 bits per heavy atom. The summed E-state index contributed by atoms with van der Waals surface area (Å²) in [6.45, 7) is 9.90. The van der Waals surface area contributed by atoms with Crippen molar-refractivity contribution in [3.05, 3.63) is 35.4 Å². The van der Waals surface area contributed by atoms with Gasteiger partial charge in [0.05, 0.1) is 13.0 Å². The van der Waals surface area contributed by atoms with Crippen molar-refractivity contribution in [1.29, 1.82) is 0 Å². The number of hydrogen-bond acceptors (Lipinski definition) is 3. The zero-order chi connectivity index (χ0) is 19.6. The smallest absolute Gasteiger partial charge is 0.308 e. The number of guanidine groups is 1. The van der Waals surface area contributed by atoms with E-state index in [0.29, 0.717) is 5.92 Å². The number of benzene rings is 1. The number of nitrogens with zero attached hydrogens (tertiary/aromatic N) is 2. The number of esters is 1. The predicted molar refractivity (Wildman–Crippen MR) is 111 cm³/mol. The summed E-state index contributed by atoms with van der Waals surface area (Å²) in [6.07, 6.45) is 3.75. The summed E-state index contributed by atoms with van der Waals surface area (Å²) in [7, 11) is 1.47. The van der Waals surface area contributed by atoms with E-state index in [1.165, 1.54) is 18.2 Å². The Labute approximate surface area is 164 Å². The lowest BCUT2D eigenvalue weighted by Crippen LogP contribution is -2.46. The first-order valence-electron chi connectivity index (χ1n) is 10.2. The van der Waals surface area contributed by atoms with Gasteiger partial charge in [0.1, 0.15) is 0 Å². The Kier molecular flexibility index (Phi) is 8.62. The normalized spacial score (nSPS) is 15.9. The topological polar surface area (TPSA) is 53.9 Å². The lowest BCUT2D eigenvalue weighted by Gasteiger charge is -2.33. The van der Waals surface area contributed by atoms with Crippen LogP contribution in [-0.2, 0) is 16.0 Å². The molecule has 1 heterocycles. The number of carbonyl (C=O) groups excluding carboxylic acids is 1. The monoisotopic (exact) mass is 373 g/mol. The van der Waals surface area contributed by atoms with Crippen molar-refractivity contribution in [2.75, 3.05) is 33.3 Å². The van der Waals surface area contributed by atoms with E-state index in [-0.39, 0.29) is 11.9 Å². The highest BCUT2D eigenvalue weighted by atomic mass is 16.5. The molecular formula is C22H35N3O2. The number of aryl methyl sites for hydroxylation is 1. The van der Waals surface area contributed by atoms with Gasteiger partial charge < -0.3 is 15.0 Å². The van der Waals surface area contributed by atoms with Crippen LogP contribution in [0.2, 0.25) is 0 Å². The number of hydrogen-bond donors (Lipinski definition) is 1. The standard InChI is InChI=1S/C22H35N3O2/c1-5-23-22(25-15-12-20(13-16-25)21(26)27-4)24-14-6-7-18-8-10-19(11-9-18)17(2)3/h8-11,17,20H,5-7,12-16H2,1-4H3,(H,23,24). The maximum absolute atomic E-state index is 11.7. The number of likely N-dealkylation sites (tertiary alicyclic amines) is 1. The Balaban J connectivity index is 1.82. The molecule has 5 heteroatoms. The first-order valence-corrected chi connectivity index (χ1v) is 10.2. The lowest BCUT2D eigenvalue weighted by molar-refractivity contribution is -0.146. The average molecular weight is 374 g/mol. The van der Waals surface area contributed by atoms with Gasteiger partial charge in [-0.15, -0.1) is 0 Å². The second-order valence-electron chi connectivity index (χ2n) is 7.52. The van der Waals surface area contributed by atoms with Crippen LogP contribution in [0.25, 0.3) is 0 Å². The molecule has 1 aromatic rings. The number of nitrogens with one attached hydrogen (secondary N) is 1. The lowest BCUT2D eigenvalue weighted by atomic mass is 9.97. The average Bonchev–Trinajstić information content (AvgIpc) is 2.70. The van der Waals surface area contributed by atoms with Gasteiger partial charge in [-0.25, -0.2) is 0 Å². The number of ether oxygens (including phenoxy) is 1. The van der Waals surface area contributed by atoms with Gasteiger partial charge in [0.25, 0.3) is 0 Å². The van der Waals surface area contributed by atoms with Crippen molar-refractivity contribution in [3.8, 4) is 0 Å². The number of rotatable bonds is 7. The van der Waals surface area contributed by atoms with Crippen molar-refractivity contribution in [2.24, 2.45) is 10.9 Å². The van der Waals surface area contributed by atoms with Crippen molar-refractivity contribution < 1.29 is 9.53 Å². The third-order valence-corrected chi connectivity index (χ3v) is 5.20. The molecule has 1 N–H and O–H groups in total. The Morgan fingerprint density at radius 1 is 1.26 bits per heavy atom. The molecule has 0 atom stereocenters. The fraction of sp³-hybridized carbons (Fsp3) is 0.636. The third-order valence-electron chi connectivity index (χ3n) is 5.20. The van der Waals surface area contributed by atoms with Gasteiger partial charge in [0.2, 0.25) is 0 Å². The zero-order valence-corrected chi connectivity index (χ0v) is 17.3. The summed E-state index contributed by atoms with van der Waals surface area (Å²) in [5.41, 5.74) is 2.76. The van der Waals surface area contributed by atoms with E-state index in [4.69, 9.17) is 9.73 Å². The molecule has 1 aliphatic heterocycles. The second-order valence-corrected chi connectivity index (χ2v) is 7.52. The van der Waals surface area contributed by atoms with Gasteiger partial charge in [-0.05, 0) is 49.7 Å². The molecule has 0 radical (unpaired) electrons. The van der Waals surface area contributed by atoms with E-state index in [2.05, 4.69) is 55.3 Å². The second kappa shape index (κ2) is 11.0. The molecule has 27 heavy (non-hydrogen) atoms. The van der Waals surface area contributed by atoms with Crippen LogP contribution in [0.5, 0.6) is 0 Å². The summed E-state index contributed by atoms with van der Waals surface area (Å²) >= 11 is 0. The van der Waals surface area contributed by atoms with Crippen molar-refractivity contribution in [1.82, 2.24) is 10.2 Å². The van der Waals surface area contributed by atoms with Gasteiger partial charge in [-0.1, -0.05) is 38.1 Å². The molecule has 5 nitrogen and oxygen atoms in total. The Hall–Kier alpha value is -2.04. The third kappa shape index (κ3) is 6.56. The number of carbonyl (C=O) groups is 1. The largest absolute Gasteiger partial charge is 0.469 e. The van der Waals surface area contributed by atoms with Crippen molar-refractivity contribution >= 4 is 11.9 Å². The Morgan fingerprint density at radius 2 is 1.93 bits per heavy atom. The number of piperidine rings is 1. The Bertz CT molecular complexity index is 602. The highest BCUT2D eigenvalue weighted by Gasteiger charge is 2.26. The van der Waals surface area contributed by atoms with Gasteiger partial charge in [0.15, 0.2) is 5.96 Å². The fourth-order valence-corrected chi connectivity index (χ4v) is 3.46. The minimum Gasteiger partial charge on any atom is -0.469 e. The number of methoxy groups -OCH3 is 1. The molecule has 1 fully saturated rings. The van der Waals surface area contributed by atoms with E-state index in [1.54, 1.807) is 0 Å². The molecule has 0 unspecified atom stereocenters. The van der Waals surface area contributed by atoms with E-state index < -0.39 is 0 Å². The SMILES string of the molecule is CCNC(=NCCCc1ccc(C(C)C)cc1)N1CCC(C(=O)OC)CC1.